The van der Waals surface area contributed by atoms with Gasteiger partial charge in [0, 0.05) is 11.6 Å². The quantitative estimate of drug-likeness (QED) is 0.519. The van der Waals surface area contributed by atoms with Crippen molar-refractivity contribution in [2.24, 2.45) is 0 Å². The highest BCUT2D eigenvalue weighted by Crippen LogP contribution is 2.27. The van der Waals surface area contributed by atoms with Crippen LogP contribution in [-0.2, 0) is 14.8 Å². The number of ether oxygens (including phenoxy) is 2. The largest absolute Gasteiger partial charge is 0.494 e. The van der Waals surface area contributed by atoms with Crippen LogP contribution in [0.4, 0.5) is 5.69 Å². The molecule has 3 rings (SSSR count). The van der Waals surface area contributed by atoms with E-state index in [-0.39, 0.29) is 5.56 Å². The van der Waals surface area contributed by atoms with E-state index < -0.39 is 27.9 Å². The number of benzene rings is 2. The average molecular weight is 445 g/mol. The summed E-state index contributed by atoms with van der Waals surface area (Å²) in [6, 6.07) is 12.3. The van der Waals surface area contributed by atoms with Crippen molar-refractivity contribution >= 4 is 38.5 Å². The normalized spacial score (nSPS) is 12.4. The standard InChI is InChI=1S/C22H24N2O6S/c1-5-30-17-12-10-16(11-13-17)24(31(4,27)28)15(2)21(25)23-14-19(22(26)29-3)18-8-6-7-9-20(18)23/h6-15H,5H2,1-4H3/t15-/m0/s1. The minimum Gasteiger partial charge on any atom is -0.494 e. The van der Waals surface area contributed by atoms with E-state index in [4.69, 9.17) is 9.47 Å². The van der Waals surface area contributed by atoms with Gasteiger partial charge < -0.3 is 9.47 Å². The summed E-state index contributed by atoms with van der Waals surface area (Å²) in [5, 5.41) is 0.543. The van der Waals surface area contributed by atoms with E-state index in [9.17, 15) is 18.0 Å². The van der Waals surface area contributed by atoms with Crippen LogP contribution in [0.25, 0.3) is 10.9 Å². The van der Waals surface area contributed by atoms with Crippen molar-refractivity contribution in [2.75, 3.05) is 24.3 Å². The van der Waals surface area contributed by atoms with E-state index in [1.165, 1.54) is 24.8 Å². The van der Waals surface area contributed by atoms with E-state index in [2.05, 4.69) is 0 Å². The third-order valence-corrected chi connectivity index (χ3v) is 6.06. The number of para-hydroxylation sites is 1. The monoisotopic (exact) mass is 444 g/mol. The molecule has 0 radical (unpaired) electrons. The number of carbonyl (C=O) groups excluding carboxylic acids is 2. The summed E-state index contributed by atoms with van der Waals surface area (Å²) in [5.41, 5.74) is 1.04. The topological polar surface area (TPSA) is 94.9 Å². The first-order valence-corrected chi connectivity index (χ1v) is 11.5. The third-order valence-electron chi connectivity index (χ3n) is 4.82. The molecule has 0 aliphatic heterocycles. The molecule has 0 bridgehead atoms. The van der Waals surface area contributed by atoms with Crippen molar-refractivity contribution < 1.29 is 27.5 Å². The molecular formula is C22H24N2O6S. The lowest BCUT2D eigenvalue weighted by Gasteiger charge is -2.28. The third kappa shape index (κ3) is 4.41. The number of rotatable bonds is 7. The number of aromatic nitrogens is 1. The van der Waals surface area contributed by atoms with Gasteiger partial charge in [-0.15, -0.1) is 0 Å². The number of hydrogen-bond acceptors (Lipinski definition) is 6. The molecule has 3 aromatic rings. The molecule has 8 nitrogen and oxygen atoms in total. The van der Waals surface area contributed by atoms with E-state index >= 15 is 0 Å². The molecule has 2 aromatic carbocycles. The molecule has 0 saturated carbocycles. The van der Waals surface area contributed by atoms with Crippen LogP contribution in [0, 0.1) is 0 Å². The maximum Gasteiger partial charge on any atom is 0.340 e. The summed E-state index contributed by atoms with van der Waals surface area (Å²) in [5.74, 6) is -0.495. The summed E-state index contributed by atoms with van der Waals surface area (Å²) >= 11 is 0. The zero-order valence-electron chi connectivity index (χ0n) is 17.7. The Hall–Kier alpha value is -3.33. The Morgan fingerprint density at radius 3 is 2.32 bits per heavy atom. The van der Waals surface area contributed by atoms with Gasteiger partial charge in [-0.05, 0) is 44.2 Å². The predicted molar refractivity (Wildman–Crippen MR) is 118 cm³/mol. The number of hydrogen-bond donors (Lipinski definition) is 0. The SMILES string of the molecule is CCOc1ccc(N([C@@H](C)C(=O)n2cc(C(=O)OC)c3ccccc32)S(C)(=O)=O)cc1. The number of sulfonamides is 1. The van der Waals surface area contributed by atoms with Crippen molar-refractivity contribution in [1.82, 2.24) is 4.57 Å². The number of nitrogens with zero attached hydrogens (tertiary/aromatic N) is 2. The Balaban J connectivity index is 2.06. The van der Waals surface area contributed by atoms with Crippen LogP contribution < -0.4 is 9.04 Å². The molecule has 1 aromatic heterocycles. The van der Waals surface area contributed by atoms with Crippen LogP contribution in [0.1, 0.15) is 29.0 Å². The van der Waals surface area contributed by atoms with Gasteiger partial charge >= 0.3 is 5.97 Å². The second kappa shape index (κ2) is 8.81. The lowest BCUT2D eigenvalue weighted by atomic mass is 10.2. The fourth-order valence-corrected chi connectivity index (χ4v) is 4.66. The summed E-state index contributed by atoms with van der Waals surface area (Å²) in [6.45, 7) is 3.83. The minimum atomic E-state index is -3.80. The number of esters is 1. The number of carbonyl (C=O) groups is 2. The summed E-state index contributed by atoms with van der Waals surface area (Å²) in [6.07, 6.45) is 2.43. The van der Waals surface area contributed by atoms with Crippen LogP contribution in [0.5, 0.6) is 5.75 Å². The van der Waals surface area contributed by atoms with E-state index in [1.54, 1.807) is 48.5 Å². The zero-order valence-corrected chi connectivity index (χ0v) is 18.5. The average Bonchev–Trinajstić information content (AvgIpc) is 3.13. The first kappa shape index (κ1) is 22.4. The smallest absolute Gasteiger partial charge is 0.340 e. The van der Waals surface area contributed by atoms with E-state index in [0.29, 0.717) is 28.9 Å². The maximum atomic E-state index is 13.4. The molecule has 9 heteroatoms. The van der Waals surface area contributed by atoms with Gasteiger partial charge in [0.05, 0.1) is 36.7 Å². The van der Waals surface area contributed by atoms with Gasteiger partial charge in [-0.3, -0.25) is 13.7 Å². The van der Waals surface area contributed by atoms with Gasteiger partial charge in [-0.2, -0.15) is 0 Å². The van der Waals surface area contributed by atoms with Gasteiger partial charge in [-0.1, -0.05) is 18.2 Å². The Bertz CT molecular complexity index is 1210. The summed E-state index contributed by atoms with van der Waals surface area (Å²) in [7, 11) is -2.54. The van der Waals surface area contributed by atoms with E-state index in [0.717, 1.165) is 10.6 Å². The maximum absolute atomic E-state index is 13.4. The molecule has 0 saturated heterocycles. The zero-order chi connectivity index (χ0) is 22.8. The van der Waals surface area contributed by atoms with Crippen LogP contribution in [0.2, 0.25) is 0 Å². The van der Waals surface area contributed by atoms with Gasteiger partial charge in [0.2, 0.25) is 10.0 Å². The molecule has 164 valence electrons. The fourth-order valence-electron chi connectivity index (χ4n) is 3.49. The molecule has 1 atom stereocenters. The van der Waals surface area contributed by atoms with Crippen molar-refractivity contribution in [3.05, 3.63) is 60.3 Å². The highest BCUT2D eigenvalue weighted by Gasteiger charge is 2.31. The van der Waals surface area contributed by atoms with Crippen LogP contribution >= 0.6 is 0 Å². The Labute approximate surface area is 181 Å². The molecule has 1 heterocycles. The fraction of sp³-hybridized carbons (Fsp3) is 0.273. The molecule has 0 N–H and O–H groups in total. The molecule has 0 fully saturated rings. The van der Waals surface area contributed by atoms with Gasteiger partial charge in [-0.25, -0.2) is 13.2 Å². The van der Waals surface area contributed by atoms with Crippen LogP contribution in [0.15, 0.2) is 54.7 Å². The van der Waals surface area contributed by atoms with Crippen LogP contribution in [-0.4, -0.2) is 50.9 Å². The van der Waals surface area contributed by atoms with Crippen molar-refractivity contribution in [2.45, 2.75) is 19.9 Å². The van der Waals surface area contributed by atoms with Gasteiger partial charge in [0.1, 0.15) is 11.8 Å². The van der Waals surface area contributed by atoms with Crippen molar-refractivity contribution in [1.29, 1.82) is 0 Å². The van der Waals surface area contributed by atoms with Crippen LogP contribution in [0.3, 0.4) is 0 Å². The molecule has 31 heavy (non-hydrogen) atoms. The van der Waals surface area contributed by atoms with Gasteiger partial charge in [0.25, 0.3) is 5.91 Å². The Kier molecular flexibility index (Phi) is 6.35. The highest BCUT2D eigenvalue weighted by molar-refractivity contribution is 7.92. The Morgan fingerprint density at radius 2 is 1.74 bits per heavy atom. The van der Waals surface area contributed by atoms with Gasteiger partial charge in [0.15, 0.2) is 0 Å². The highest BCUT2D eigenvalue weighted by atomic mass is 32.2. The second-order valence-corrected chi connectivity index (χ2v) is 8.78. The molecule has 0 aliphatic rings. The lowest BCUT2D eigenvalue weighted by molar-refractivity contribution is 0.0603. The molecule has 0 aliphatic carbocycles. The second-order valence-electron chi connectivity index (χ2n) is 6.92. The minimum absolute atomic E-state index is 0.227. The summed E-state index contributed by atoms with van der Waals surface area (Å²) < 4.78 is 37.8. The molecular weight excluding hydrogens is 420 g/mol. The first-order valence-electron chi connectivity index (χ1n) is 9.64. The number of anilines is 1. The van der Waals surface area contributed by atoms with Crippen molar-refractivity contribution in [3.63, 3.8) is 0 Å². The predicted octanol–water partition coefficient (Wildman–Crippen LogP) is 3.32. The molecule has 0 spiro atoms. The lowest BCUT2D eigenvalue weighted by Crippen LogP contribution is -2.44. The number of methoxy groups -OCH3 is 1. The molecule has 0 unspecified atom stereocenters. The molecule has 0 amide bonds. The number of fused-ring (bicyclic) bond motifs is 1. The van der Waals surface area contributed by atoms with Crippen molar-refractivity contribution in [3.8, 4) is 5.75 Å². The first-order chi connectivity index (χ1) is 14.7. The van der Waals surface area contributed by atoms with E-state index in [1.807, 2.05) is 6.92 Å². The summed E-state index contributed by atoms with van der Waals surface area (Å²) in [4.78, 5) is 25.6. The Morgan fingerprint density at radius 1 is 1.10 bits per heavy atom.